The molecule has 0 bridgehead atoms. The molecule has 0 aliphatic carbocycles. The largest absolute Gasteiger partial charge is 0.463 e. The molecule has 3 nitrogen and oxygen atoms in total. The molecule has 2 heterocycles. The van der Waals surface area contributed by atoms with Crippen LogP contribution in [0.3, 0.4) is 0 Å². The molecular formula is C9H7N2O. The normalized spacial score (nSPS) is 10.1. The number of rotatable bonds is 1. The van der Waals surface area contributed by atoms with Gasteiger partial charge in [-0.3, -0.25) is 0 Å². The van der Waals surface area contributed by atoms with Crippen molar-refractivity contribution in [1.29, 1.82) is 0 Å². The first-order valence-electron chi connectivity index (χ1n) is 3.62. The highest BCUT2D eigenvalue weighted by atomic mass is 16.3. The number of hydrogen-bond donors (Lipinski definition) is 0. The smallest absolute Gasteiger partial charge is 0.198 e. The van der Waals surface area contributed by atoms with Gasteiger partial charge in [-0.05, 0) is 25.1 Å². The van der Waals surface area contributed by atoms with Crippen LogP contribution in [0.15, 0.2) is 28.9 Å². The summed E-state index contributed by atoms with van der Waals surface area (Å²) in [5.41, 5.74) is 1.66. The summed E-state index contributed by atoms with van der Waals surface area (Å²) in [5, 5.41) is 0. The minimum atomic E-state index is 0.747. The third-order valence-corrected chi connectivity index (χ3v) is 1.52. The van der Waals surface area contributed by atoms with Gasteiger partial charge >= 0.3 is 0 Å². The summed E-state index contributed by atoms with van der Waals surface area (Å²) in [6.45, 7) is 1.89. The minimum absolute atomic E-state index is 0.747. The van der Waals surface area contributed by atoms with Crippen molar-refractivity contribution in [2.45, 2.75) is 6.92 Å². The van der Waals surface area contributed by atoms with Crippen LogP contribution >= 0.6 is 0 Å². The van der Waals surface area contributed by atoms with Gasteiger partial charge in [0.05, 0.1) is 6.26 Å². The van der Waals surface area contributed by atoms with E-state index in [9.17, 15) is 0 Å². The molecule has 3 heteroatoms. The van der Waals surface area contributed by atoms with E-state index in [1.165, 1.54) is 0 Å². The first kappa shape index (κ1) is 7.03. The van der Waals surface area contributed by atoms with Crippen LogP contribution in [0.4, 0.5) is 0 Å². The van der Waals surface area contributed by atoms with Crippen molar-refractivity contribution in [2.75, 3.05) is 0 Å². The fourth-order valence-electron chi connectivity index (χ4n) is 0.971. The van der Waals surface area contributed by atoms with Gasteiger partial charge in [-0.25, -0.2) is 9.97 Å². The molecule has 0 fully saturated rings. The second-order valence-electron chi connectivity index (χ2n) is 2.47. The monoisotopic (exact) mass is 159 g/mol. The van der Waals surface area contributed by atoms with Gasteiger partial charge < -0.3 is 4.42 Å². The van der Waals surface area contributed by atoms with Gasteiger partial charge in [-0.1, -0.05) is 0 Å². The lowest BCUT2D eigenvalue weighted by Crippen LogP contribution is -1.86. The van der Waals surface area contributed by atoms with Crippen LogP contribution in [-0.2, 0) is 0 Å². The van der Waals surface area contributed by atoms with Crippen molar-refractivity contribution < 1.29 is 4.42 Å². The molecule has 2 rings (SSSR count). The molecule has 0 amide bonds. The van der Waals surface area contributed by atoms with Gasteiger partial charge in [0.1, 0.15) is 5.69 Å². The van der Waals surface area contributed by atoms with Gasteiger partial charge in [0.2, 0.25) is 0 Å². The minimum Gasteiger partial charge on any atom is -0.463 e. The molecular weight excluding hydrogens is 152 g/mol. The Hall–Kier alpha value is -1.64. The number of aromatic nitrogens is 2. The standard InChI is InChI=1S/C9H7N2O/c1-7-5-8(11-6-10-7)9-3-2-4-12-9/h2-5H,1H3. The molecule has 0 spiro atoms. The van der Waals surface area contributed by atoms with Gasteiger partial charge in [-0.15, -0.1) is 0 Å². The molecule has 0 atom stereocenters. The van der Waals surface area contributed by atoms with Gasteiger partial charge in [0.15, 0.2) is 12.1 Å². The Balaban J connectivity index is 2.48. The zero-order chi connectivity index (χ0) is 8.39. The molecule has 0 aromatic carbocycles. The lowest BCUT2D eigenvalue weighted by molar-refractivity contribution is 0.579. The summed E-state index contributed by atoms with van der Waals surface area (Å²) in [5.74, 6) is 0.747. The lowest BCUT2D eigenvalue weighted by atomic mass is 10.3. The van der Waals surface area contributed by atoms with E-state index in [4.69, 9.17) is 4.42 Å². The molecule has 0 aliphatic heterocycles. The third kappa shape index (κ3) is 1.21. The van der Waals surface area contributed by atoms with Gasteiger partial charge in [0.25, 0.3) is 0 Å². The van der Waals surface area contributed by atoms with E-state index < -0.39 is 0 Å². The SMILES string of the molecule is Cc1cc(-c2ccco2)n[c]n1. The van der Waals surface area contributed by atoms with Crippen LogP contribution in [0.25, 0.3) is 11.5 Å². The van der Waals surface area contributed by atoms with Crippen molar-refractivity contribution in [1.82, 2.24) is 9.97 Å². The maximum Gasteiger partial charge on any atom is 0.198 e. The fourth-order valence-corrected chi connectivity index (χ4v) is 0.971. The van der Waals surface area contributed by atoms with Crippen LogP contribution in [0.2, 0.25) is 0 Å². The summed E-state index contributed by atoms with van der Waals surface area (Å²) in [4.78, 5) is 7.82. The third-order valence-electron chi connectivity index (χ3n) is 1.52. The predicted molar refractivity (Wildman–Crippen MR) is 43.3 cm³/mol. The average Bonchev–Trinajstić information content (AvgIpc) is 2.56. The molecule has 2 aromatic heterocycles. The van der Waals surface area contributed by atoms with Gasteiger partial charge in [0, 0.05) is 5.69 Å². The molecule has 2 aromatic rings. The van der Waals surface area contributed by atoms with Crippen molar-refractivity contribution in [3.05, 3.63) is 36.5 Å². The van der Waals surface area contributed by atoms with Crippen LogP contribution in [0.1, 0.15) is 5.69 Å². The maximum absolute atomic E-state index is 5.16. The van der Waals surface area contributed by atoms with E-state index in [0.717, 1.165) is 17.1 Å². The Bertz CT molecular complexity index is 368. The van der Waals surface area contributed by atoms with E-state index >= 15 is 0 Å². The molecule has 59 valence electrons. The Morgan fingerprint density at radius 3 is 3.00 bits per heavy atom. The average molecular weight is 159 g/mol. The van der Waals surface area contributed by atoms with Crippen molar-refractivity contribution >= 4 is 0 Å². The highest BCUT2D eigenvalue weighted by Crippen LogP contribution is 2.16. The topological polar surface area (TPSA) is 38.9 Å². The second kappa shape index (κ2) is 2.77. The lowest BCUT2D eigenvalue weighted by Gasteiger charge is -1.94. The van der Waals surface area contributed by atoms with Crippen molar-refractivity contribution in [3.8, 4) is 11.5 Å². The van der Waals surface area contributed by atoms with E-state index in [1.54, 1.807) is 6.26 Å². The van der Waals surface area contributed by atoms with E-state index in [1.807, 2.05) is 25.1 Å². The Kier molecular flexibility index (Phi) is 1.63. The second-order valence-corrected chi connectivity index (χ2v) is 2.47. The first-order chi connectivity index (χ1) is 5.86. The van der Waals surface area contributed by atoms with E-state index in [-0.39, 0.29) is 0 Å². The van der Waals surface area contributed by atoms with E-state index in [0.29, 0.717) is 0 Å². The van der Waals surface area contributed by atoms with Crippen LogP contribution in [-0.4, -0.2) is 9.97 Å². The quantitative estimate of drug-likeness (QED) is 0.637. The zero-order valence-corrected chi connectivity index (χ0v) is 6.61. The van der Waals surface area contributed by atoms with Crippen LogP contribution in [0.5, 0.6) is 0 Å². The summed E-state index contributed by atoms with van der Waals surface area (Å²) in [6.07, 6.45) is 4.18. The zero-order valence-electron chi connectivity index (χ0n) is 6.61. The molecule has 0 unspecified atom stereocenters. The number of hydrogen-bond acceptors (Lipinski definition) is 3. The molecule has 0 N–H and O–H groups in total. The van der Waals surface area contributed by atoms with Crippen LogP contribution in [0, 0.1) is 13.3 Å². The molecule has 0 aliphatic rings. The number of nitrogens with zero attached hydrogens (tertiary/aromatic N) is 2. The fraction of sp³-hybridized carbons (Fsp3) is 0.111. The van der Waals surface area contributed by atoms with Crippen molar-refractivity contribution in [3.63, 3.8) is 0 Å². The Morgan fingerprint density at radius 1 is 1.42 bits per heavy atom. The summed E-state index contributed by atoms with van der Waals surface area (Å²) in [7, 11) is 0. The molecule has 0 saturated carbocycles. The summed E-state index contributed by atoms with van der Waals surface area (Å²) in [6, 6.07) is 5.54. The number of aryl methyl sites for hydroxylation is 1. The summed E-state index contributed by atoms with van der Waals surface area (Å²) < 4.78 is 5.16. The Morgan fingerprint density at radius 2 is 2.33 bits per heavy atom. The molecule has 1 radical (unpaired) electrons. The number of furan rings is 1. The van der Waals surface area contributed by atoms with E-state index in [2.05, 4.69) is 16.3 Å². The first-order valence-corrected chi connectivity index (χ1v) is 3.62. The highest BCUT2D eigenvalue weighted by Gasteiger charge is 2.01. The Labute approximate surface area is 70.1 Å². The van der Waals surface area contributed by atoms with Crippen molar-refractivity contribution in [2.24, 2.45) is 0 Å². The maximum atomic E-state index is 5.16. The van der Waals surface area contributed by atoms with Crippen LogP contribution < -0.4 is 0 Å². The summed E-state index contributed by atoms with van der Waals surface area (Å²) >= 11 is 0. The molecule has 0 saturated heterocycles. The highest BCUT2D eigenvalue weighted by molar-refractivity contribution is 5.51. The van der Waals surface area contributed by atoms with Gasteiger partial charge in [-0.2, -0.15) is 0 Å². The predicted octanol–water partition coefficient (Wildman–Crippen LogP) is 1.85. The molecule has 12 heavy (non-hydrogen) atoms.